The summed E-state index contributed by atoms with van der Waals surface area (Å²) in [5.41, 5.74) is 1.75. The molecule has 2 fully saturated rings. The van der Waals surface area contributed by atoms with Crippen LogP contribution in [-0.4, -0.2) is 37.0 Å². The van der Waals surface area contributed by atoms with Gasteiger partial charge in [0.25, 0.3) is 0 Å². The Kier molecular flexibility index (Phi) is 4.06. The lowest BCUT2D eigenvalue weighted by atomic mass is 9.78. The Bertz CT molecular complexity index is 441. The third kappa shape index (κ3) is 3.04. The van der Waals surface area contributed by atoms with E-state index in [4.69, 9.17) is 0 Å². The summed E-state index contributed by atoms with van der Waals surface area (Å²) in [6, 6.07) is 10.3. The van der Waals surface area contributed by atoms with E-state index < -0.39 is 0 Å². The topological polar surface area (TPSA) is 32.3 Å². The lowest BCUT2D eigenvalue weighted by Crippen LogP contribution is -2.44. The first-order chi connectivity index (χ1) is 9.77. The molecule has 3 nitrogen and oxygen atoms in total. The van der Waals surface area contributed by atoms with Gasteiger partial charge in [0.2, 0.25) is 5.91 Å². The first kappa shape index (κ1) is 13.6. The van der Waals surface area contributed by atoms with Crippen molar-refractivity contribution in [2.24, 2.45) is 5.41 Å². The van der Waals surface area contributed by atoms with Crippen molar-refractivity contribution in [2.45, 2.75) is 32.1 Å². The summed E-state index contributed by atoms with van der Waals surface area (Å²) in [5.74, 6) is 0.328. The average molecular weight is 272 g/mol. The van der Waals surface area contributed by atoms with Crippen molar-refractivity contribution in [2.75, 3.05) is 26.2 Å². The molecule has 0 saturated carbocycles. The van der Waals surface area contributed by atoms with Crippen LogP contribution in [0.5, 0.6) is 0 Å². The number of piperidine rings is 1. The predicted molar refractivity (Wildman–Crippen MR) is 80.5 cm³/mol. The summed E-state index contributed by atoms with van der Waals surface area (Å²) in [4.78, 5) is 14.4. The second-order valence-electron chi connectivity index (χ2n) is 6.29. The van der Waals surface area contributed by atoms with E-state index in [0.29, 0.717) is 17.7 Å². The van der Waals surface area contributed by atoms with Crippen LogP contribution >= 0.6 is 0 Å². The van der Waals surface area contributed by atoms with Crippen molar-refractivity contribution in [3.8, 4) is 0 Å². The summed E-state index contributed by atoms with van der Waals surface area (Å²) < 4.78 is 0. The number of nitrogens with one attached hydrogen (secondary N) is 1. The molecule has 108 valence electrons. The van der Waals surface area contributed by atoms with Gasteiger partial charge in [-0.25, -0.2) is 0 Å². The molecule has 2 aliphatic rings. The molecule has 3 heteroatoms. The highest BCUT2D eigenvalue weighted by Gasteiger charge is 2.37. The zero-order chi connectivity index (χ0) is 13.8. The molecule has 2 aliphatic heterocycles. The van der Waals surface area contributed by atoms with Crippen LogP contribution in [0.15, 0.2) is 30.3 Å². The predicted octanol–water partition coefficient (Wildman–Crippen LogP) is 2.22. The Morgan fingerprint density at radius 3 is 2.55 bits per heavy atom. The summed E-state index contributed by atoms with van der Waals surface area (Å²) in [6.45, 7) is 4.21. The van der Waals surface area contributed by atoms with E-state index in [9.17, 15) is 4.79 Å². The average Bonchev–Trinajstić information content (AvgIpc) is 2.95. The Morgan fingerprint density at radius 2 is 1.90 bits per heavy atom. The molecule has 1 spiro atoms. The Morgan fingerprint density at radius 1 is 1.15 bits per heavy atom. The quantitative estimate of drug-likeness (QED) is 0.915. The van der Waals surface area contributed by atoms with E-state index >= 15 is 0 Å². The van der Waals surface area contributed by atoms with Gasteiger partial charge in [-0.05, 0) is 43.2 Å². The smallest absolute Gasteiger partial charge is 0.222 e. The Labute approximate surface area is 121 Å². The van der Waals surface area contributed by atoms with Crippen LogP contribution in [0.1, 0.15) is 31.2 Å². The Balaban J connectivity index is 1.47. The van der Waals surface area contributed by atoms with Gasteiger partial charge in [0, 0.05) is 26.1 Å². The molecule has 0 radical (unpaired) electrons. The zero-order valence-electron chi connectivity index (χ0n) is 12.1. The van der Waals surface area contributed by atoms with Crippen molar-refractivity contribution >= 4 is 5.91 Å². The van der Waals surface area contributed by atoms with E-state index in [1.54, 1.807) is 0 Å². The van der Waals surface area contributed by atoms with E-state index in [-0.39, 0.29) is 0 Å². The van der Waals surface area contributed by atoms with Gasteiger partial charge in [-0.2, -0.15) is 0 Å². The molecule has 3 rings (SSSR count). The molecular weight excluding hydrogens is 248 g/mol. The van der Waals surface area contributed by atoms with Crippen LogP contribution in [0.4, 0.5) is 0 Å². The molecule has 0 aliphatic carbocycles. The number of hydrogen-bond acceptors (Lipinski definition) is 2. The fourth-order valence-corrected chi connectivity index (χ4v) is 3.51. The first-order valence-electron chi connectivity index (χ1n) is 7.80. The Hall–Kier alpha value is -1.35. The van der Waals surface area contributed by atoms with Crippen molar-refractivity contribution < 1.29 is 4.79 Å². The van der Waals surface area contributed by atoms with E-state index in [1.165, 1.54) is 24.8 Å². The van der Waals surface area contributed by atoms with Gasteiger partial charge >= 0.3 is 0 Å². The third-order valence-electron chi connectivity index (χ3n) is 4.98. The molecule has 0 atom stereocenters. The lowest BCUT2D eigenvalue weighted by Gasteiger charge is -2.39. The number of rotatable bonds is 3. The molecule has 20 heavy (non-hydrogen) atoms. The molecular formula is C17H24N2O. The van der Waals surface area contributed by atoms with Crippen molar-refractivity contribution in [3.63, 3.8) is 0 Å². The van der Waals surface area contributed by atoms with Gasteiger partial charge in [0.1, 0.15) is 0 Å². The normalized spacial score (nSPS) is 21.3. The molecule has 1 amide bonds. The van der Waals surface area contributed by atoms with Crippen molar-refractivity contribution in [1.82, 2.24) is 10.2 Å². The standard InChI is InChI=1S/C17H24N2O/c20-16(7-6-15-4-2-1-3-5-15)19-12-9-17(10-13-19)8-11-18-14-17/h1-5,18H,6-14H2. The number of carbonyl (C=O) groups is 1. The number of nitrogens with zero attached hydrogens (tertiary/aromatic N) is 1. The van der Waals surface area contributed by atoms with E-state index in [2.05, 4.69) is 22.3 Å². The highest BCUT2D eigenvalue weighted by atomic mass is 16.2. The molecule has 0 aromatic heterocycles. The van der Waals surface area contributed by atoms with Gasteiger partial charge in [0.15, 0.2) is 0 Å². The summed E-state index contributed by atoms with van der Waals surface area (Å²) >= 11 is 0. The maximum atomic E-state index is 12.3. The number of carbonyl (C=O) groups excluding carboxylic acids is 1. The van der Waals surface area contributed by atoms with Crippen LogP contribution in [0.3, 0.4) is 0 Å². The highest BCUT2D eigenvalue weighted by Crippen LogP contribution is 2.36. The van der Waals surface area contributed by atoms with Crippen molar-refractivity contribution in [3.05, 3.63) is 35.9 Å². The van der Waals surface area contributed by atoms with Crippen LogP contribution < -0.4 is 5.32 Å². The molecule has 2 heterocycles. The fourth-order valence-electron chi connectivity index (χ4n) is 3.51. The van der Waals surface area contributed by atoms with Gasteiger partial charge in [0.05, 0.1) is 0 Å². The maximum absolute atomic E-state index is 12.3. The lowest BCUT2D eigenvalue weighted by molar-refractivity contribution is -0.133. The molecule has 0 unspecified atom stereocenters. The van der Waals surface area contributed by atoms with Crippen LogP contribution in [0.25, 0.3) is 0 Å². The molecule has 1 aromatic rings. The van der Waals surface area contributed by atoms with Gasteiger partial charge < -0.3 is 10.2 Å². The number of aryl methyl sites for hydroxylation is 1. The number of amides is 1. The van der Waals surface area contributed by atoms with Gasteiger partial charge in [-0.3, -0.25) is 4.79 Å². The minimum absolute atomic E-state index is 0.328. The van der Waals surface area contributed by atoms with Gasteiger partial charge in [-0.15, -0.1) is 0 Å². The van der Waals surface area contributed by atoms with Crippen LogP contribution in [-0.2, 0) is 11.2 Å². The molecule has 2 saturated heterocycles. The van der Waals surface area contributed by atoms with Crippen LogP contribution in [0, 0.1) is 5.41 Å². The zero-order valence-corrected chi connectivity index (χ0v) is 12.1. The third-order valence-corrected chi connectivity index (χ3v) is 4.98. The fraction of sp³-hybridized carbons (Fsp3) is 0.588. The second-order valence-corrected chi connectivity index (χ2v) is 6.29. The maximum Gasteiger partial charge on any atom is 0.222 e. The second kappa shape index (κ2) is 5.96. The number of hydrogen-bond donors (Lipinski definition) is 1. The highest BCUT2D eigenvalue weighted by molar-refractivity contribution is 5.76. The summed E-state index contributed by atoms with van der Waals surface area (Å²) in [5, 5.41) is 3.47. The van der Waals surface area contributed by atoms with Crippen LogP contribution in [0.2, 0.25) is 0 Å². The molecule has 0 bridgehead atoms. The number of likely N-dealkylation sites (tertiary alicyclic amines) is 1. The largest absolute Gasteiger partial charge is 0.343 e. The molecule has 1 N–H and O–H groups in total. The van der Waals surface area contributed by atoms with E-state index in [0.717, 1.165) is 32.6 Å². The van der Waals surface area contributed by atoms with Crippen molar-refractivity contribution in [1.29, 1.82) is 0 Å². The summed E-state index contributed by atoms with van der Waals surface area (Å²) in [6.07, 6.45) is 5.16. The number of benzene rings is 1. The SMILES string of the molecule is O=C(CCc1ccccc1)N1CCC2(CCNC2)CC1. The van der Waals surface area contributed by atoms with Gasteiger partial charge in [-0.1, -0.05) is 30.3 Å². The minimum Gasteiger partial charge on any atom is -0.343 e. The first-order valence-corrected chi connectivity index (χ1v) is 7.80. The minimum atomic E-state index is 0.328. The van der Waals surface area contributed by atoms with E-state index in [1.807, 2.05) is 18.2 Å². The molecule has 1 aromatic carbocycles. The monoisotopic (exact) mass is 272 g/mol. The summed E-state index contributed by atoms with van der Waals surface area (Å²) in [7, 11) is 0.